The molecule has 0 saturated carbocycles. The maximum Gasteiger partial charge on any atom is 0.255 e. The van der Waals surface area contributed by atoms with Crippen LogP contribution in [0.5, 0.6) is 5.75 Å². The van der Waals surface area contributed by atoms with E-state index in [9.17, 15) is 14.3 Å². The minimum absolute atomic E-state index is 0.0728. The van der Waals surface area contributed by atoms with Gasteiger partial charge in [-0.05, 0) is 57.1 Å². The van der Waals surface area contributed by atoms with Crippen LogP contribution in [0, 0.1) is 12.7 Å². The molecule has 0 aliphatic carbocycles. The lowest BCUT2D eigenvalue weighted by molar-refractivity contribution is 0.0937. The summed E-state index contributed by atoms with van der Waals surface area (Å²) in [6, 6.07) is 11.2. The highest BCUT2D eigenvalue weighted by molar-refractivity contribution is 6.07. The molecule has 1 amide bonds. The van der Waals surface area contributed by atoms with Crippen LogP contribution in [-0.2, 0) is 0 Å². The molecule has 146 valence electrons. The van der Waals surface area contributed by atoms with Gasteiger partial charge in [-0.2, -0.15) is 0 Å². The largest absolute Gasteiger partial charge is 0.508 e. The van der Waals surface area contributed by atoms with Gasteiger partial charge in [-0.1, -0.05) is 18.2 Å². The number of rotatable bonds is 5. The SMILES string of the molecule is Cc1oc2ccc(O)cc2c1C(=O)NC[C@@H](c1ccccc1F)N1CCCC1. The van der Waals surface area contributed by atoms with Crippen molar-refractivity contribution in [1.82, 2.24) is 10.2 Å². The molecule has 6 heteroatoms. The van der Waals surface area contributed by atoms with E-state index in [0.717, 1.165) is 25.9 Å². The molecule has 1 saturated heterocycles. The van der Waals surface area contributed by atoms with Crippen molar-refractivity contribution in [1.29, 1.82) is 0 Å². The van der Waals surface area contributed by atoms with Crippen molar-refractivity contribution < 1.29 is 18.7 Å². The molecule has 3 aromatic rings. The van der Waals surface area contributed by atoms with Crippen LogP contribution >= 0.6 is 0 Å². The van der Waals surface area contributed by atoms with E-state index in [1.165, 1.54) is 18.2 Å². The van der Waals surface area contributed by atoms with E-state index in [4.69, 9.17) is 4.42 Å². The number of nitrogens with one attached hydrogen (secondary N) is 1. The quantitative estimate of drug-likeness (QED) is 0.696. The van der Waals surface area contributed by atoms with Crippen LogP contribution in [-0.4, -0.2) is 35.5 Å². The normalized spacial score (nSPS) is 15.8. The Morgan fingerprint density at radius 2 is 2.00 bits per heavy atom. The number of amides is 1. The van der Waals surface area contributed by atoms with Crippen LogP contribution in [0.2, 0.25) is 0 Å². The second-order valence-corrected chi connectivity index (χ2v) is 7.20. The number of phenolic OH excluding ortho intramolecular Hbond substituents is 1. The minimum atomic E-state index is -0.289. The van der Waals surface area contributed by atoms with Gasteiger partial charge in [0.25, 0.3) is 5.91 Å². The predicted molar refractivity (Wildman–Crippen MR) is 105 cm³/mol. The molecule has 2 aromatic carbocycles. The number of halogens is 1. The van der Waals surface area contributed by atoms with Crippen LogP contribution in [0.4, 0.5) is 4.39 Å². The zero-order chi connectivity index (χ0) is 19.7. The number of fused-ring (bicyclic) bond motifs is 1. The molecule has 4 rings (SSSR count). The van der Waals surface area contributed by atoms with Crippen molar-refractivity contribution in [3.8, 4) is 5.75 Å². The average Bonchev–Trinajstić information content (AvgIpc) is 3.30. The van der Waals surface area contributed by atoms with Gasteiger partial charge < -0.3 is 14.8 Å². The Bertz CT molecular complexity index is 1010. The highest BCUT2D eigenvalue weighted by atomic mass is 19.1. The molecule has 0 radical (unpaired) electrons. The fourth-order valence-corrected chi connectivity index (χ4v) is 4.00. The molecule has 1 aromatic heterocycles. The van der Waals surface area contributed by atoms with Crippen LogP contribution in [0.1, 0.15) is 40.6 Å². The Morgan fingerprint density at radius 1 is 1.25 bits per heavy atom. The topological polar surface area (TPSA) is 65.7 Å². The molecule has 0 spiro atoms. The molecule has 1 aliphatic rings. The molecule has 1 fully saturated rings. The first kappa shape index (κ1) is 18.5. The van der Waals surface area contributed by atoms with Gasteiger partial charge in [0.15, 0.2) is 0 Å². The second-order valence-electron chi connectivity index (χ2n) is 7.20. The third kappa shape index (κ3) is 3.47. The average molecular weight is 382 g/mol. The number of hydrogen-bond acceptors (Lipinski definition) is 4. The Kier molecular flexibility index (Phi) is 5.05. The minimum Gasteiger partial charge on any atom is -0.508 e. The lowest BCUT2D eigenvalue weighted by Gasteiger charge is -2.28. The summed E-state index contributed by atoms with van der Waals surface area (Å²) in [7, 11) is 0. The first-order chi connectivity index (χ1) is 13.5. The molecule has 0 bridgehead atoms. The van der Waals surface area contributed by atoms with Crippen molar-refractivity contribution in [3.05, 3.63) is 65.2 Å². The van der Waals surface area contributed by atoms with Crippen LogP contribution < -0.4 is 5.32 Å². The van der Waals surface area contributed by atoms with Gasteiger partial charge in [-0.15, -0.1) is 0 Å². The molecule has 1 atom stereocenters. The fourth-order valence-electron chi connectivity index (χ4n) is 4.00. The van der Waals surface area contributed by atoms with E-state index >= 15 is 0 Å². The molecule has 2 heterocycles. The van der Waals surface area contributed by atoms with Gasteiger partial charge >= 0.3 is 0 Å². The van der Waals surface area contributed by atoms with Gasteiger partial charge in [0, 0.05) is 17.5 Å². The summed E-state index contributed by atoms with van der Waals surface area (Å²) in [6.45, 7) is 3.79. The van der Waals surface area contributed by atoms with E-state index in [1.807, 2.05) is 6.07 Å². The van der Waals surface area contributed by atoms with Crippen molar-refractivity contribution in [2.75, 3.05) is 19.6 Å². The van der Waals surface area contributed by atoms with Crippen LogP contribution in [0.3, 0.4) is 0 Å². The number of phenols is 1. The summed E-state index contributed by atoms with van der Waals surface area (Å²) in [5.74, 6) is 0.0104. The number of furan rings is 1. The van der Waals surface area contributed by atoms with Crippen molar-refractivity contribution in [2.45, 2.75) is 25.8 Å². The summed E-state index contributed by atoms with van der Waals surface area (Å²) in [5.41, 5.74) is 1.54. The number of carbonyl (C=O) groups excluding carboxylic acids is 1. The number of carbonyl (C=O) groups is 1. The maximum absolute atomic E-state index is 14.4. The smallest absolute Gasteiger partial charge is 0.255 e. The number of aryl methyl sites for hydroxylation is 1. The number of hydrogen-bond donors (Lipinski definition) is 2. The molecule has 2 N–H and O–H groups in total. The lowest BCUT2D eigenvalue weighted by atomic mass is 10.0. The summed E-state index contributed by atoms with van der Waals surface area (Å²) in [6.07, 6.45) is 2.15. The van der Waals surface area contributed by atoms with Gasteiger partial charge in [-0.25, -0.2) is 4.39 Å². The third-order valence-electron chi connectivity index (χ3n) is 5.38. The fraction of sp³-hybridized carbons (Fsp3) is 0.318. The maximum atomic E-state index is 14.4. The predicted octanol–water partition coefficient (Wildman–Crippen LogP) is 4.15. The van der Waals surface area contributed by atoms with Gasteiger partial charge in [0.1, 0.15) is 22.9 Å². The standard InChI is InChI=1S/C22H23FN2O3/c1-14-21(17-12-15(26)8-9-20(17)28-14)22(27)24-13-19(25-10-4-5-11-25)16-6-2-3-7-18(16)23/h2-3,6-9,12,19,26H,4-5,10-11,13H2,1H3,(H,24,27)/t19-/m0/s1. The summed E-state index contributed by atoms with van der Waals surface area (Å²) in [5, 5.41) is 13.3. The van der Waals surface area contributed by atoms with E-state index in [0.29, 0.717) is 34.4 Å². The molecular weight excluding hydrogens is 359 g/mol. The molecule has 1 aliphatic heterocycles. The van der Waals surface area contributed by atoms with Crippen molar-refractivity contribution >= 4 is 16.9 Å². The number of benzene rings is 2. The zero-order valence-corrected chi connectivity index (χ0v) is 15.7. The van der Waals surface area contributed by atoms with Gasteiger partial charge in [0.05, 0.1) is 11.6 Å². The number of nitrogens with zero attached hydrogens (tertiary/aromatic N) is 1. The van der Waals surface area contributed by atoms with Crippen molar-refractivity contribution in [2.24, 2.45) is 0 Å². The Morgan fingerprint density at radius 3 is 2.75 bits per heavy atom. The zero-order valence-electron chi connectivity index (χ0n) is 15.7. The van der Waals surface area contributed by atoms with Crippen LogP contribution in [0.15, 0.2) is 46.9 Å². The first-order valence-corrected chi connectivity index (χ1v) is 9.53. The molecule has 5 nitrogen and oxygen atoms in total. The lowest BCUT2D eigenvalue weighted by Crippen LogP contribution is -2.37. The number of aromatic hydroxyl groups is 1. The second kappa shape index (κ2) is 7.64. The van der Waals surface area contributed by atoms with Gasteiger partial charge in [0.2, 0.25) is 0 Å². The highest BCUT2D eigenvalue weighted by Crippen LogP contribution is 2.30. The number of likely N-dealkylation sites (tertiary alicyclic amines) is 1. The summed E-state index contributed by atoms with van der Waals surface area (Å²) >= 11 is 0. The summed E-state index contributed by atoms with van der Waals surface area (Å²) < 4.78 is 20.1. The van der Waals surface area contributed by atoms with E-state index in [1.54, 1.807) is 25.1 Å². The molecular formula is C22H23FN2O3. The van der Waals surface area contributed by atoms with Crippen molar-refractivity contribution in [3.63, 3.8) is 0 Å². The monoisotopic (exact) mass is 382 g/mol. The van der Waals surface area contributed by atoms with Gasteiger partial charge in [-0.3, -0.25) is 9.69 Å². The van der Waals surface area contributed by atoms with Crippen LogP contribution in [0.25, 0.3) is 11.0 Å². The Balaban J connectivity index is 1.59. The molecule has 0 unspecified atom stereocenters. The Hall–Kier alpha value is -2.86. The van der Waals surface area contributed by atoms with E-state index in [2.05, 4.69) is 10.2 Å². The summed E-state index contributed by atoms with van der Waals surface area (Å²) in [4.78, 5) is 15.1. The first-order valence-electron chi connectivity index (χ1n) is 9.53. The Labute approximate surface area is 162 Å². The third-order valence-corrected chi connectivity index (χ3v) is 5.38. The van der Waals surface area contributed by atoms with E-state index in [-0.39, 0.29) is 23.5 Å². The molecule has 28 heavy (non-hydrogen) atoms. The van der Waals surface area contributed by atoms with E-state index < -0.39 is 0 Å². The highest BCUT2D eigenvalue weighted by Gasteiger charge is 2.27.